The number of carbonyl (C=O) groups excluding carboxylic acids is 1. The van der Waals surface area contributed by atoms with Crippen molar-refractivity contribution < 1.29 is 18.7 Å². The number of hydrogen-bond donors (Lipinski definition) is 3. The molecule has 0 aliphatic rings. The van der Waals surface area contributed by atoms with Crippen molar-refractivity contribution in [3.8, 4) is 0 Å². The Hall–Kier alpha value is -2.60. The summed E-state index contributed by atoms with van der Waals surface area (Å²) in [5.41, 5.74) is 0.339. The molecule has 1 atom stereocenters. The van der Waals surface area contributed by atoms with Gasteiger partial charge < -0.3 is 19.8 Å². The zero-order chi connectivity index (χ0) is 17.5. The lowest BCUT2D eigenvalue weighted by atomic mass is 9.96. The number of aliphatic hydroxyl groups is 1. The summed E-state index contributed by atoms with van der Waals surface area (Å²) in [5, 5.41) is 14.0. The van der Waals surface area contributed by atoms with Crippen LogP contribution in [0.4, 0.5) is 4.39 Å². The summed E-state index contributed by atoms with van der Waals surface area (Å²) in [7, 11) is 0. The van der Waals surface area contributed by atoms with Crippen LogP contribution in [0.1, 0.15) is 34.4 Å². The molecule has 6 heteroatoms. The molecule has 0 bridgehead atoms. The van der Waals surface area contributed by atoms with Crippen molar-refractivity contribution in [3.05, 3.63) is 58.9 Å². The van der Waals surface area contributed by atoms with Gasteiger partial charge in [0, 0.05) is 22.7 Å². The van der Waals surface area contributed by atoms with E-state index in [2.05, 4.69) is 10.3 Å². The second-order valence-corrected chi connectivity index (χ2v) is 6.18. The quantitative estimate of drug-likeness (QED) is 0.687. The van der Waals surface area contributed by atoms with Crippen LogP contribution in [0.25, 0.3) is 10.9 Å². The largest absolute Gasteiger partial charge is 0.466 e. The summed E-state index contributed by atoms with van der Waals surface area (Å²) in [6.07, 6.45) is 1.53. The summed E-state index contributed by atoms with van der Waals surface area (Å²) < 4.78 is 18.7. The molecule has 0 saturated heterocycles. The number of aryl methyl sites for hydroxylation is 2. The molecule has 0 saturated carbocycles. The molecule has 3 aromatic rings. The van der Waals surface area contributed by atoms with Crippen molar-refractivity contribution >= 4 is 16.8 Å². The predicted molar refractivity (Wildman–Crippen MR) is 88.3 cm³/mol. The van der Waals surface area contributed by atoms with Gasteiger partial charge in [-0.2, -0.15) is 0 Å². The van der Waals surface area contributed by atoms with Crippen molar-refractivity contribution in [1.82, 2.24) is 10.3 Å². The van der Waals surface area contributed by atoms with E-state index in [-0.39, 0.29) is 18.3 Å². The van der Waals surface area contributed by atoms with Crippen LogP contribution >= 0.6 is 0 Å². The fourth-order valence-electron chi connectivity index (χ4n) is 2.89. The van der Waals surface area contributed by atoms with Crippen molar-refractivity contribution in [2.24, 2.45) is 0 Å². The monoisotopic (exact) mass is 330 g/mol. The van der Waals surface area contributed by atoms with Gasteiger partial charge in [-0.1, -0.05) is 0 Å². The number of furan rings is 1. The van der Waals surface area contributed by atoms with Crippen LogP contribution in [-0.2, 0) is 5.60 Å². The third kappa shape index (κ3) is 2.92. The minimum absolute atomic E-state index is 0.0273. The molecule has 1 aromatic carbocycles. The summed E-state index contributed by atoms with van der Waals surface area (Å²) >= 11 is 0. The normalized spacial score (nSPS) is 13.9. The van der Waals surface area contributed by atoms with Gasteiger partial charge in [0.05, 0.1) is 12.1 Å². The van der Waals surface area contributed by atoms with Crippen LogP contribution < -0.4 is 5.32 Å². The molecule has 1 unspecified atom stereocenters. The van der Waals surface area contributed by atoms with Gasteiger partial charge >= 0.3 is 0 Å². The highest BCUT2D eigenvalue weighted by atomic mass is 19.1. The van der Waals surface area contributed by atoms with Gasteiger partial charge in [0.1, 0.15) is 22.9 Å². The lowest BCUT2D eigenvalue weighted by molar-refractivity contribution is 0.0514. The Balaban J connectivity index is 1.78. The Morgan fingerprint density at radius 2 is 2.12 bits per heavy atom. The molecule has 2 heterocycles. The van der Waals surface area contributed by atoms with E-state index in [1.165, 1.54) is 18.3 Å². The number of amides is 1. The van der Waals surface area contributed by atoms with Crippen LogP contribution in [0, 0.1) is 19.7 Å². The molecule has 2 aromatic heterocycles. The standard InChI is InChI=1S/C18H19FN2O3/c1-10-6-15(11(2)24-10)18(3,23)9-21-17(22)14-8-20-16-7-12(19)4-5-13(14)16/h4-8,20,23H,9H2,1-3H3,(H,21,22). The smallest absolute Gasteiger partial charge is 0.253 e. The topological polar surface area (TPSA) is 78.3 Å². The fraction of sp³-hybridized carbons (Fsp3) is 0.278. The van der Waals surface area contributed by atoms with Gasteiger partial charge in [-0.05, 0) is 45.0 Å². The predicted octanol–water partition coefficient (Wildman–Crippen LogP) is 3.15. The molecule has 126 valence electrons. The van der Waals surface area contributed by atoms with Gasteiger partial charge in [0.2, 0.25) is 0 Å². The summed E-state index contributed by atoms with van der Waals surface area (Å²) in [6.45, 7) is 5.22. The van der Waals surface area contributed by atoms with Crippen molar-refractivity contribution in [3.63, 3.8) is 0 Å². The Labute approximate surface area is 138 Å². The maximum atomic E-state index is 13.2. The molecule has 0 aliphatic heterocycles. The number of aromatic nitrogens is 1. The zero-order valence-corrected chi connectivity index (χ0v) is 13.7. The van der Waals surface area contributed by atoms with Crippen molar-refractivity contribution in [1.29, 1.82) is 0 Å². The average Bonchev–Trinajstić information content (AvgIpc) is 3.07. The van der Waals surface area contributed by atoms with Gasteiger partial charge in [-0.15, -0.1) is 0 Å². The molecule has 5 nitrogen and oxygen atoms in total. The van der Waals surface area contributed by atoms with E-state index in [9.17, 15) is 14.3 Å². The first-order valence-corrected chi connectivity index (χ1v) is 7.62. The minimum Gasteiger partial charge on any atom is -0.466 e. The van der Waals surface area contributed by atoms with Gasteiger partial charge in [0.25, 0.3) is 5.91 Å². The molecule has 0 radical (unpaired) electrons. The number of benzene rings is 1. The number of nitrogens with one attached hydrogen (secondary N) is 2. The van der Waals surface area contributed by atoms with Crippen LogP contribution in [0.5, 0.6) is 0 Å². The molecular weight excluding hydrogens is 311 g/mol. The Bertz CT molecular complexity index is 908. The number of fused-ring (bicyclic) bond motifs is 1. The maximum Gasteiger partial charge on any atom is 0.253 e. The third-order valence-electron chi connectivity index (χ3n) is 4.10. The van der Waals surface area contributed by atoms with Gasteiger partial charge in [0.15, 0.2) is 0 Å². The summed E-state index contributed by atoms with van der Waals surface area (Å²) in [4.78, 5) is 15.3. The maximum absolute atomic E-state index is 13.2. The lowest BCUT2D eigenvalue weighted by Crippen LogP contribution is -2.38. The number of aromatic amines is 1. The number of hydrogen-bond acceptors (Lipinski definition) is 3. The van der Waals surface area contributed by atoms with E-state index in [1.807, 2.05) is 0 Å². The number of rotatable bonds is 4. The van der Waals surface area contributed by atoms with Crippen LogP contribution in [0.15, 0.2) is 34.9 Å². The highest BCUT2D eigenvalue weighted by Crippen LogP contribution is 2.26. The highest BCUT2D eigenvalue weighted by molar-refractivity contribution is 6.06. The summed E-state index contributed by atoms with van der Waals surface area (Å²) in [5.74, 6) is 0.609. The first-order chi connectivity index (χ1) is 11.3. The molecule has 0 fully saturated rings. The van der Waals surface area contributed by atoms with E-state index in [4.69, 9.17) is 4.42 Å². The third-order valence-corrected chi connectivity index (χ3v) is 4.10. The molecule has 24 heavy (non-hydrogen) atoms. The van der Waals surface area contributed by atoms with Crippen LogP contribution in [0.3, 0.4) is 0 Å². The Kier molecular flexibility index (Phi) is 3.93. The molecule has 3 N–H and O–H groups in total. The van der Waals surface area contributed by atoms with Crippen LogP contribution in [-0.4, -0.2) is 22.5 Å². The van der Waals surface area contributed by atoms with E-state index < -0.39 is 5.60 Å². The highest BCUT2D eigenvalue weighted by Gasteiger charge is 2.28. The second-order valence-electron chi connectivity index (χ2n) is 6.18. The molecule has 3 rings (SSSR count). The average molecular weight is 330 g/mol. The van der Waals surface area contributed by atoms with Gasteiger partial charge in [-0.25, -0.2) is 4.39 Å². The lowest BCUT2D eigenvalue weighted by Gasteiger charge is -2.23. The van der Waals surface area contributed by atoms with Crippen molar-refractivity contribution in [2.75, 3.05) is 6.54 Å². The molecule has 0 spiro atoms. The minimum atomic E-state index is -1.25. The molecular formula is C18H19FN2O3. The molecule has 1 amide bonds. The van der Waals surface area contributed by atoms with E-state index in [1.54, 1.807) is 32.9 Å². The number of halogens is 1. The van der Waals surface area contributed by atoms with Crippen molar-refractivity contribution in [2.45, 2.75) is 26.4 Å². The first kappa shape index (κ1) is 16.3. The second kappa shape index (κ2) is 5.79. The summed E-state index contributed by atoms with van der Waals surface area (Å²) in [6, 6.07) is 5.95. The van der Waals surface area contributed by atoms with Gasteiger partial charge in [-0.3, -0.25) is 4.79 Å². The van der Waals surface area contributed by atoms with E-state index in [0.29, 0.717) is 33.6 Å². The number of carbonyl (C=O) groups is 1. The first-order valence-electron chi connectivity index (χ1n) is 7.62. The Morgan fingerprint density at radius 3 is 2.79 bits per heavy atom. The van der Waals surface area contributed by atoms with E-state index >= 15 is 0 Å². The SMILES string of the molecule is Cc1cc(C(C)(O)CNC(=O)c2c[nH]c3cc(F)ccc23)c(C)o1. The molecule has 0 aliphatic carbocycles. The van der Waals surface area contributed by atoms with E-state index in [0.717, 1.165) is 0 Å². The fourth-order valence-corrected chi connectivity index (χ4v) is 2.89. The number of H-pyrrole nitrogens is 1. The Morgan fingerprint density at radius 1 is 1.38 bits per heavy atom. The zero-order valence-electron chi connectivity index (χ0n) is 13.7. The van der Waals surface area contributed by atoms with Crippen LogP contribution in [0.2, 0.25) is 0 Å².